The molecular formula is C14H12BrNO4S. The number of aryl methyl sites for hydroxylation is 1. The van der Waals surface area contributed by atoms with Crippen LogP contribution in [-0.2, 0) is 10.0 Å². The first-order chi connectivity index (χ1) is 9.79. The van der Waals surface area contributed by atoms with Crippen LogP contribution >= 0.6 is 15.9 Å². The van der Waals surface area contributed by atoms with E-state index in [1.807, 2.05) is 0 Å². The highest BCUT2D eigenvalue weighted by Gasteiger charge is 2.18. The predicted molar refractivity (Wildman–Crippen MR) is 83.1 cm³/mol. The summed E-state index contributed by atoms with van der Waals surface area (Å²) >= 11 is 3.16. The van der Waals surface area contributed by atoms with Crippen molar-refractivity contribution in [3.63, 3.8) is 0 Å². The molecule has 0 aliphatic rings. The van der Waals surface area contributed by atoms with Gasteiger partial charge in [0.15, 0.2) is 0 Å². The van der Waals surface area contributed by atoms with Crippen LogP contribution in [0.1, 0.15) is 15.9 Å². The molecule has 0 saturated heterocycles. The first kappa shape index (κ1) is 15.5. The average molecular weight is 370 g/mol. The molecule has 0 aromatic heterocycles. The molecule has 0 heterocycles. The van der Waals surface area contributed by atoms with E-state index in [0.29, 0.717) is 4.47 Å². The molecule has 5 nitrogen and oxygen atoms in total. The number of aromatic carboxylic acids is 1. The van der Waals surface area contributed by atoms with Gasteiger partial charge in [-0.1, -0.05) is 28.1 Å². The Balaban J connectivity index is 2.44. The highest BCUT2D eigenvalue weighted by Crippen LogP contribution is 2.24. The number of carbonyl (C=O) groups is 1. The maximum absolute atomic E-state index is 12.3. The number of carboxylic acid groups (broad SMARTS) is 1. The van der Waals surface area contributed by atoms with E-state index in [4.69, 9.17) is 5.11 Å². The molecule has 7 heteroatoms. The van der Waals surface area contributed by atoms with Gasteiger partial charge in [-0.05, 0) is 42.8 Å². The molecule has 0 aliphatic heterocycles. The van der Waals surface area contributed by atoms with E-state index in [9.17, 15) is 13.2 Å². The lowest BCUT2D eigenvalue weighted by Crippen LogP contribution is -2.15. The van der Waals surface area contributed by atoms with Crippen LogP contribution in [0.15, 0.2) is 51.8 Å². The Morgan fingerprint density at radius 3 is 2.52 bits per heavy atom. The molecule has 2 aromatic carbocycles. The van der Waals surface area contributed by atoms with Gasteiger partial charge in [0.1, 0.15) is 0 Å². The Hall–Kier alpha value is -1.86. The highest BCUT2D eigenvalue weighted by molar-refractivity contribution is 9.10. The van der Waals surface area contributed by atoms with Gasteiger partial charge in [0.05, 0.1) is 16.1 Å². The van der Waals surface area contributed by atoms with Crippen molar-refractivity contribution in [2.24, 2.45) is 0 Å². The first-order valence-corrected chi connectivity index (χ1v) is 8.19. The summed E-state index contributed by atoms with van der Waals surface area (Å²) in [6.07, 6.45) is 0. The van der Waals surface area contributed by atoms with Crippen molar-refractivity contribution in [3.8, 4) is 0 Å². The summed E-state index contributed by atoms with van der Waals surface area (Å²) < 4.78 is 27.5. The van der Waals surface area contributed by atoms with Crippen molar-refractivity contribution in [2.75, 3.05) is 4.72 Å². The van der Waals surface area contributed by atoms with Crippen LogP contribution < -0.4 is 4.72 Å². The molecule has 2 N–H and O–H groups in total. The summed E-state index contributed by atoms with van der Waals surface area (Å²) in [7, 11) is -3.83. The SMILES string of the molecule is Cc1cccc(S(=O)(=O)Nc2ccc(Br)cc2C(=O)O)c1. The van der Waals surface area contributed by atoms with Gasteiger partial charge in [-0.25, -0.2) is 13.2 Å². The Morgan fingerprint density at radius 2 is 1.90 bits per heavy atom. The number of sulfonamides is 1. The minimum atomic E-state index is -3.83. The minimum absolute atomic E-state index is 0.0206. The van der Waals surface area contributed by atoms with Gasteiger partial charge < -0.3 is 5.11 Å². The Kier molecular flexibility index (Phi) is 4.34. The molecule has 0 aliphatic carbocycles. The highest BCUT2D eigenvalue weighted by atomic mass is 79.9. The molecule has 0 saturated carbocycles. The molecule has 110 valence electrons. The van der Waals surface area contributed by atoms with Gasteiger partial charge in [-0.15, -0.1) is 0 Å². The number of hydrogen-bond acceptors (Lipinski definition) is 3. The molecule has 0 amide bonds. The lowest BCUT2D eigenvalue weighted by atomic mass is 10.2. The van der Waals surface area contributed by atoms with Crippen molar-refractivity contribution in [1.82, 2.24) is 0 Å². The zero-order valence-electron chi connectivity index (χ0n) is 11.0. The quantitative estimate of drug-likeness (QED) is 0.866. The van der Waals surface area contributed by atoms with Gasteiger partial charge in [0.2, 0.25) is 0 Å². The Labute approximate surface area is 130 Å². The molecular weight excluding hydrogens is 358 g/mol. The van der Waals surface area contributed by atoms with Crippen LogP contribution in [0.5, 0.6) is 0 Å². The average Bonchev–Trinajstić information content (AvgIpc) is 2.40. The normalized spacial score (nSPS) is 11.1. The number of rotatable bonds is 4. The number of nitrogens with one attached hydrogen (secondary N) is 1. The number of benzene rings is 2. The van der Waals surface area contributed by atoms with E-state index >= 15 is 0 Å². The second-order valence-corrected chi connectivity index (χ2v) is 7.02. The summed E-state index contributed by atoms with van der Waals surface area (Å²) in [5.41, 5.74) is 0.694. The molecule has 2 rings (SSSR count). The lowest BCUT2D eigenvalue weighted by Gasteiger charge is -2.11. The molecule has 0 bridgehead atoms. The predicted octanol–water partition coefficient (Wildman–Crippen LogP) is 3.26. The summed E-state index contributed by atoms with van der Waals surface area (Å²) in [5, 5.41) is 9.15. The van der Waals surface area contributed by atoms with Crippen molar-refractivity contribution in [3.05, 3.63) is 58.1 Å². The fraction of sp³-hybridized carbons (Fsp3) is 0.0714. The van der Waals surface area contributed by atoms with Gasteiger partial charge in [0.25, 0.3) is 10.0 Å². The molecule has 0 fully saturated rings. The molecule has 21 heavy (non-hydrogen) atoms. The molecule has 0 radical (unpaired) electrons. The van der Waals surface area contributed by atoms with E-state index in [-0.39, 0.29) is 16.1 Å². The van der Waals surface area contributed by atoms with Crippen molar-refractivity contribution in [1.29, 1.82) is 0 Å². The third-order valence-corrected chi connectivity index (χ3v) is 4.61. The zero-order valence-corrected chi connectivity index (χ0v) is 13.4. The van der Waals surface area contributed by atoms with Gasteiger partial charge in [0, 0.05) is 4.47 Å². The summed E-state index contributed by atoms with van der Waals surface area (Å²) in [5.74, 6) is -1.21. The standard InChI is InChI=1S/C14H12BrNO4S/c1-9-3-2-4-11(7-9)21(19,20)16-13-6-5-10(15)8-12(13)14(17)18/h2-8,16H,1H3,(H,17,18). The fourth-order valence-electron chi connectivity index (χ4n) is 1.77. The van der Waals surface area contributed by atoms with Crippen LogP contribution in [0.25, 0.3) is 0 Å². The largest absolute Gasteiger partial charge is 0.478 e. The monoisotopic (exact) mass is 369 g/mol. The van der Waals surface area contributed by atoms with E-state index in [1.165, 1.54) is 24.3 Å². The van der Waals surface area contributed by atoms with Crippen molar-refractivity contribution < 1.29 is 18.3 Å². The lowest BCUT2D eigenvalue weighted by molar-refractivity contribution is 0.0698. The van der Waals surface area contributed by atoms with Crippen LogP contribution in [0.4, 0.5) is 5.69 Å². The zero-order chi connectivity index (χ0) is 15.6. The van der Waals surface area contributed by atoms with E-state index in [2.05, 4.69) is 20.7 Å². The minimum Gasteiger partial charge on any atom is -0.478 e. The molecule has 2 aromatic rings. The first-order valence-electron chi connectivity index (χ1n) is 5.92. The maximum atomic E-state index is 12.3. The van der Waals surface area contributed by atoms with Gasteiger partial charge in [-0.3, -0.25) is 4.72 Å². The molecule has 0 spiro atoms. The van der Waals surface area contributed by atoms with Crippen molar-refractivity contribution >= 4 is 37.6 Å². The third kappa shape index (κ3) is 3.62. The molecule has 0 unspecified atom stereocenters. The smallest absolute Gasteiger partial charge is 0.337 e. The fourth-order valence-corrected chi connectivity index (χ4v) is 3.31. The number of halogens is 1. The van der Waals surface area contributed by atoms with Gasteiger partial charge in [-0.2, -0.15) is 0 Å². The number of carboxylic acids is 1. The van der Waals surface area contributed by atoms with Gasteiger partial charge >= 0.3 is 5.97 Å². The third-order valence-electron chi connectivity index (χ3n) is 2.76. The van der Waals surface area contributed by atoms with E-state index in [0.717, 1.165) is 5.56 Å². The van der Waals surface area contributed by atoms with Crippen LogP contribution in [0.2, 0.25) is 0 Å². The van der Waals surface area contributed by atoms with Crippen molar-refractivity contribution in [2.45, 2.75) is 11.8 Å². The number of hydrogen-bond donors (Lipinski definition) is 2. The van der Waals surface area contributed by atoms with E-state index < -0.39 is 16.0 Å². The van der Waals surface area contributed by atoms with Crippen LogP contribution in [-0.4, -0.2) is 19.5 Å². The van der Waals surface area contributed by atoms with Crippen LogP contribution in [0, 0.1) is 6.92 Å². The summed E-state index contributed by atoms with van der Waals surface area (Å²) in [6.45, 7) is 1.78. The topological polar surface area (TPSA) is 83.5 Å². The Bertz CT molecular complexity index is 802. The second kappa shape index (κ2) is 5.87. The van der Waals surface area contributed by atoms with Crippen LogP contribution in [0.3, 0.4) is 0 Å². The second-order valence-electron chi connectivity index (χ2n) is 4.42. The maximum Gasteiger partial charge on any atom is 0.337 e. The summed E-state index contributed by atoms with van der Waals surface area (Å²) in [4.78, 5) is 11.3. The van der Waals surface area contributed by atoms with E-state index in [1.54, 1.807) is 25.1 Å². The summed E-state index contributed by atoms with van der Waals surface area (Å²) in [6, 6.07) is 10.7. The number of anilines is 1. The molecule has 0 atom stereocenters. The Morgan fingerprint density at radius 1 is 1.19 bits per heavy atom.